The Bertz CT molecular complexity index is 1360. The predicted molar refractivity (Wildman–Crippen MR) is 129 cm³/mol. The van der Waals surface area contributed by atoms with Crippen molar-refractivity contribution in [2.75, 3.05) is 17.1 Å². The van der Waals surface area contributed by atoms with Crippen LogP contribution in [0.15, 0.2) is 42.6 Å². The van der Waals surface area contributed by atoms with Gasteiger partial charge in [0.05, 0.1) is 16.9 Å². The number of hydrazine groups is 1. The summed E-state index contributed by atoms with van der Waals surface area (Å²) in [6.07, 6.45) is 0.796. The van der Waals surface area contributed by atoms with Gasteiger partial charge in [-0.1, -0.05) is 0 Å². The molecule has 9 nitrogen and oxygen atoms in total. The molecular weight excluding hydrogens is 588 g/mol. The molecule has 0 aliphatic carbocycles. The molecule has 0 aliphatic heterocycles. The number of hydrogen-bond donors (Lipinski definition) is 5. The third kappa shape index (κ3) is 5.94. The van der Waals surface area contributed by atoms with Crippen molar-refractivity contribution in [1.29, 1.82) is 0 Å². The minimum absolute atomic E-state index is 0.000254. The van der Waals surface area contributed by atoms with Crippen LogP contribution in [-0.2, 0) is 16.6 Å². The number of halogens is 4. The molecule has 0 saturated carbocycles. The molecule has 3 rings (SSSR count). The number of nitrogen functional groups attached to an aromatic ring is 1. The Labute approximate surface area is 206 Å². The van der Waals surface area contributed by atoms with E-state index >= 15 is 0 Å². The first kappa shape index (κ1) is 25.7. The Kier molecular flexibility index (Phi) is 7.96. The van der Waals surface area contributed by atoms with E-state index in [0.29, 0.717) is 3.57 Å². The number of anilines is 3. The van der Waals surface area contributed by atoms with E-state index in [4.69, 9.17) is 5.84 Å². The maximum absolute atomic E-state index is 15.0. The SMILES string of the molecule is CNS(=O)(=O)Nc1nccc(Cc2cc(C(=O)NN)c(Nc3ccc(I)cc3F)cc2F)c1F. The lowest BCUT2D eigenvalue weighted by Gasteiger charge is -2.15. The van der Waals surface area contributed by atoms with E-state index in [-0.39, 0.29) is 34.5 Å². The van der Waals surface area contributed by atoms with Crippen molar-refractivity contribution in [3.63, 3.8) is 0 Å². The van der Waals surface area contributed by atoms with Crippen LogP contribution in [-0.4, -0.2) is 26.4 Å². The van der Waals surface area contributed by atoms with Gasteiger partial charge in [-0.3, -0.25) is 14.9 Å². The smallest absolute Gasteiger partial charge is 0.300 e. The van der Waals surface area contributed by atoms with Crippen molar-refractivity contribution >= 4 is 55.9 Å². The number of carbonyl (C=O) groups is 1. The molecule has 0 saturated heterocycles. The Morgan fingerprint density at radius 3 is 2.44 bits per heavy atom. The standard InChI is InChI=1S/C20H18F3IN6O3S/c1-26-34(32,33)30-19-18(23)10(4-5-27-19)6-11-7-13(20(31)29-25)17(9-14(11)21)28-16-3-2-12(24)8-15(16)22/h2-5,7-9,26,28H,6,25H2,1H3,(H,27,30)(H,29,31). The second-order valence-corrected chi connectivity index (χ2v) is 9.70. The van der Waals surface area contributed by atoms with Crippen molar-refractivity contribution in [1.82, 2.24) is 15.1 Å². The first-order chi connectivity index (χ1) is 16.0. The number of aromatic nitrogens is 1. The molecule has 180 valence electrons. The summed E-state index contributed by atoms with van der Waals surface area (Å²) in [6, 6.07) is 7.63. The second kappa shape index (κ2) is 10.5. The van der Waals surface area contributed by atoms with Crippen LogP contribution in [0.5, 0.6) is 0 Å². The van der Waals surface area contributed by atoms with Gasteiger partial charge in [0.2, 0.25) is 0 Å². The average molecular weight is 606 g/mol. The van der Waals surface area contributed by atoms with E-state index in [2.05, 4.69) is 10.3 Å². The molecule has 0 fully saturated rings. The highest BCUT2D eigenvalue weighted by Crippen LogP contribution is 2.29. The Morgan fingerprint density at radius 2 is 1.79 bits per heavy atom. The summed E-state index contributed by atoms with van der Waals surface area (Å²) >= 11 is 1.93. The fraction of sp³-hybridized carbons (Fsp3) is 0.100. The third-order valence-corrected chi connectivity index (χ3v) is 6.28. The van der Waals surface area contributed by atoms with Crippen LogP contribution < -0.4 is 26.0 Å². The highest BCUT2D eigenvalue weighted by atomic mass is 127. The maximum Gasteiger partial charge on any atom is 0.300 e. The molecule has 0 atom stereocenters. The molecule has 2 aromatic carbocycles. The van der Waals surface area contributed by atoms with Crippen LogP contribution in [0, 0.1) is 21.0 Å². The molecule has 1 amide bonds. The number of amides is 1. The van der Waals surface area contributed by atoms with E-state index in [1.165, 1.54) is 18.2 Å². The molecule has 0 aliphatic rings. The number of carbonyl (C=O) groups excluding carboxylic acids is 1. The first-order valence-electron chi connectivity index (χ1n) is 9.44. The maximum atomic E-state index is 15.0. The summed E-state index contributed by atoms with van der Waals surface area (Å²) in [5, 5.41) is 2.67. The first-order valence-corrected chi connectivity index (χ1v) is 12.0. The van der Waals surface area contributed by atoms with Gasteiger partial charge in [-0.05, 0) is 70.1 Å². The summed E-state index contributed by atoms with van der Waals surface area (Å²) in [5.74, 6) is 1.39. The van der Waals surface area contributed by atoms with E-state index in [9.17, 15) is 26.4 Å². The molecule has 34 heavy (non-hydrogen) atoms. The molecule has 0 spiro atoms. The lowest BCUT2D eigenvalue weighted by atomic mass is 10.0. The summed E-state index contributed by atoms with van der Waals surface area (Å²) in [7, 11) is -2.91. The van der Waals surface area contributed by atoms with Gasteiger partial charge in [-0.25, -0.2) is 28.7 Å². The van der Waals surface area contributed by atoms with Crippen LogP contribution in [0.3, 0.4) is 0 Å². The zero-order valence-corrected chi connectivity index (χ0v) is 20.4. The summed E-state index contributed by atoms with van der Waals surface area (Å²) in [5.41, 5.74) is 1.55. The normalized spacial score (nSPS) is 11.2. The molecule has 0 bridgehead atoms. The van der Waals surface area contributed by atoms with Crippen LogP contribution in [0.4, 0.5) is 30.4 Å². The van der Waals surface area contributed by atoms with Crippen LogP contribution in [0.25, 0.3) is 0 Å². The van der Waals surface area contributed by atoms with Crippen LogP contribution in [0.2, 0.25) is 0 Å². The lowest BCUT2D eigenvalue weighted by Crippen LogP contribution is -2.30. The molecule has 1 heterocycles. The number of nitrogens with zero attached hydrogens (tertiary/aromatic N) is 1. The number of pyridine rings is 1. The van der Waals surface area contributed by atoms with Gasteiger partial charge in [-0.2, -0.15) is 8.42 Å². The number of nitrogens with one attached hydrogen (secondary N) is 4. The highest BCUT2D eigenvalue weighted by Gasteiger charge is 2.20. The molecule has 0 radical (unpaired) electrons. The van der Waals surface area contributed by atoms with Crippen molar-refractivity contribution in [2.45, 2.75) is 6.42 Å². The largest absolute Gasteiger partial charge is 0.352 e. The molecule has 1 aromatic heterocycles. The monoisotopic (exact) mass is 606 g/mol. The van der Waals surface area contributed by atoms with Gasteiger partial charge in [-0.15, -0.1) is 0 Å². The van der Waals surface area contributed by atoms with Crippen molar-refractivity contribution in [3.8, 4) is 0 Å². The van der Waals surface area contributed by atoms with E-state index in [1.54, 1.807) is 6.07 Å². The number of benzene rings is 2. The highest BCUT2D eigenvalue weighted by molar-refractivity contribution is 14.1. The Morgan fingerprint density at radius 1 is 1.06 bits per heavy atom. The van der Waals surface area contributed by atoms with Crippen LogP contribution >= 0.6 is 22.6 Å². The zero-order valence-electron chi connectivity index (χ0n) is 17.4. The predicted octanol–water partition coefficient (Wildman–Crippen LogP) is 2.92. The molecule has 14 heteroatoms. The van der Waals surface area contributed by atoms with Gasteiger partial charge < -0.3 is 5.32 Å². The summed E-state index contributed by atoms with van der Waals surface area (Å²) in [4.78, 5) is 16.0. The number of rotatable bonds is 8. The fourth-order valence-corrected chi connectivity index (χ4v) is 3.89. The summed E-state index contributed by atoms with van der Waals surface area (Å²) < 4.78 is 71.8. The molecule has 6 N–H and O–H groups in total. The van der Waals surface area contributed by atoms with E-state index < -0.39 is 39.4 Å². The lowest BCUT2D eigenvalue weighted by molar-refractivity contribution is 0.0954. The van der Waals surface area contributed by atoms with Gasteiger partial charge in [0.25, 0.3) is 16.1 Å². The van der Waals surface area contributed by atoms with Gasteiger partial charge in [0, 0.05) is 23.2 Å². The topological polar surface area (TPSA) is 138 Å². The molecule has 0 unspecified atom stereocenters. The van der Waals surface area contributed by atoms with Crippen molar-refractivity contribution in [3.05, 3.63) is 80.3 Å². The van der Waals surface area contributed by atoms with Gasteiger partial charge in [0.15, 0.2) is 11.6 Å². The fourth-order valence-electron chi connectivity index (χ4n) is 2.93. The third-order valence-electron chi connectivity index (χ3n) is 4.61. The Hall–Kier alpha value is -2.95. The number of hydrogen-bond acceptors (Lipinski definition) is 6. The summed E-state index contributed by atoms with van der Waals surface area (Å²) in [6.45, 7) is 0. The van der Waals surface area contributed by atoms with Crippen LogP contribution in [0.1, 0.15) is 21.5 Å². The Balaban J connectivity index is 2.00. The van der Waals surface area contributed by atoms with Crippen molar-refractivity contribution < 1.29 is 26.4 Å². The minimum Gasteiger partial charge on any atom is -0.352 e. The molecular formula is C20H18F3IN6O3S. The van der Waals surface area contributed by atoms with E-state index in [0.717, 1.165) is 25.4 Å². The average Bonchev–Trinajstić information content (AvgIpc) is 2.79. The van der Waals surface area contributed by atoms with Crippen molar-refractivity contribution in [2.24, 2.45) is 5.84 Å². The second-order valence-electron chi connectivity index (χ2n) is 6.83. The minimum atomic E-state index is -4.04. The van der Waals surface area contributed by atoms with E-state index in [1.807, 2.05) is 37.5 Å². The number of nitrogens with two attached hydrogens (primary N) is 1. The quantitative estimate of drug-likeness (QED) is 0.116. The van der Waals surface area contributed by atoms with Gasteiger partial charge >= 0.3 is 0 Å². The molecule has 3 aromatic rings. The van der Waals surface area contributed by atoms with Gasteiger partial charge in [0.1, 0.15) is 11.6 Å². The zero-order chi connectivity index (χ0) is 25.0.